The van der Waals surface area contributed by atoms with Crippen LogP contribution in [-0.2, 0) is 65.4 Å². The Labute approximate surface area is 607 Å². The summed E-state index contributed by atoms with van der Waals surface area (Å²) in [6, 6.07) is 0. The number of carbonyl (C=O) groups excluding carboxylic acids is 4. The van der Waals surface area contributed by atoms with Crippen molar-refractivity contribution in [2.45, 2.75) is 433 Å². The number of esters is 4. The maximum Gasteiger partial charge on any atom is 0.472 e. The fourth-order valence-electron chi connectivity index (χ4n) is 12.3. The molecule has 0 heterocycles. The van der Waals surface area contributed by atoms with Gasteiger partial charge in [0, 0.05) is 25.7 Å². The number of aliphatic hydroxyl groups excluding tert-OH is 1. The zero-order chi connectivity index (χ0) is 73.0. The van der Waals surface area contributed by atoms with Gasteiger partial charge in [-0.05, 0) is 43.4 Å². The number of aliphatic hydroxyl groups is 1. The fraction of sp³-hybridized carbons (Fsp3) is 0.950. The summed E-state index contributed by atoms with van der Waals surface area (Å²) < 4.78 is 68.7. The molecule has 17 nitrogen and oxygen atoms in total. The van der Waals surface area contributed by atoms with Gasteiger partial charge in [-0.2, -0.15) is 0 Å². The number of unbranched alkanes of at least 4 members (excludes halogenated alkanes) is 45. The first kappa shape index (κ1) is 97.1. The number of hydrogen-bond donors (Lipinski definition) is 3. The normalized spacial score (nSPS) is 14.3. The minimum Gasteiger partial charge on any atom is -0.462 e. The molecule has 0 bridgehead atoms. The van der Waals surface area contributed by atoms with Crippen molar-refractivity contribution >= 4 is 39.5 Å². The lowest BCUT2D eigenvalue weighted by Crippen LogP contribution is -2.30. The SMILES string of the molecule is CCCCCCCCCCCCC(=O)OC[C@H](COP(=O)(O)OC[C@H](O)COP(=O)(O)OC[C@@H](COC(=O)CCCCCCCCCCCCCC(C)C)OC(=O)CCCCCCCCCCCCCCCCCCCCC(C)C)OC(=O)CCCCCCCCCCCCC(C)CC. The zero-order valence-electron chi connectivity index (χ0n) is 65.0. The van der Waals surface area contributed by atoms with E-state index in [4.69, 9.17) is 37.0 Å². The molecule has 0 aromatic rings. The summed E-state index contributed by atoms with van der Waals surface area (Å²) in [7, 11) is -9.92. The van der Waals surface area contributed by atoms with Gasteiger partial charge in [0.05, 0.1) is 26.4 Å². The molecule has 0 aliphatic rings. The van der Waals surface area contributed by atoms with E-state index < -0.39 is 97.5 Å². The lowest BCUT2D eigenvalue weighted by atomic mass is 9.99. The third kappa shape index (κ3) is 72.8. The van der Waals surface area contributed by atoms with Gasteiger partial charge in [0.2, 0.25) is 0 Å². The van der Waals surface area contributed by atoms with Crippen molar-refractivity contribution in [2.24, 2.45) is 17.8 Å². The summed E-state index contributed by atoms with van der Waals surface area (Å²) in [4.78, 5) is 73.0. The van der Waals surface area contributed by atoms with Gasteiger partial charge in [-0.25, -0.2) is 9.13 Å². The molecular weight excluding hydrogens is 1290 g/mol. The van der Waals surface area contributed by atoms with Gasteiger partial charge in [0.25, 0.3) is 0 Å². The van der Waals surface area contributed by atoms with Crippen LogP contribution in [0.5, 0.6) is 0 Å². The lowest BCUT2D eigenvalue weighted by Gasteiger charge is -2.21. The number of carbonyl (C=O) groups is 4. The summed E-state index contributed by atoms with van der Waals surface area (Å²) in [5.41, 5.74) is 0. The van der Waals surface area contributed by atoms with Crippen molar-refractivity contribution in [3.8, 4) is 0 Å². The van der Waals surface area contributed by atoms with Gasteiger partial charge < -0.3 is 33.8 Å². The van der Waals surface area contributed by atoms with Gasteiger partial charge >= 0.3 is 39.5 Å². The number of phosphoric acid groups is 2. The van der Waals surface area contributed by atoms with Crippen LogP contribution in [0.15, 0.2) is 0 Å². The molecule has 99 heavy (non-hydrogen) atoms. The molecular formula is C80H156O17P2. The Morgan fingerprint density at radius 3 is 0.768 bits per heavy atom. The van der Waals surface area contributed by atoms with E-state index in [-0.39, 0.29) is 25.7 Å². The average Bonchev–Trinajstić information content (AvgIpc) is 0.972. The first-order chi connectivity index (χ1) is 47.8. The van der Waals surface area contributed by atoms with E-state index in [0.717, 1.165) is 108 Å². The van der Waals surface area contributed by atoms with Crippen LogP contribution in [0.2, 0.25) is 0 Å². The molecule has 0 saturated carbocycles. The highest BCUT2D eigenvalue weighted by molar-refractivity contribution is 7.47. The lowest BCUT2D eigenvalue weighted by molar-refractivity contribution is -0.161. The zero-order valence-corrected chi connectivity index (χ0v) is 66.8. The highest BCUT2D eigenvalue weighted by atomic mass is 31.2. The molecule has 0 saturated heterocycles. The van der Waals surface area contributed by atoms with E-state index in [0.29, 0.717) is 25.7 Å². The third-order valence-corrected chi connectivity index (χ3v) is 20.9. The minimum absolute atomic E-state index is 0.106. The predicted octanol–water partition coefficient (Wildman–Crippen LogP) is 23.7. The molecule has 0 fully saturated rings. The Kier molecular flexibility index (Phi) is 69.0. The van der Waals surface area contributed by atoms with Crippen LogP contribution < -0.4 is 0 Å². The molecule has 19 heteroatoms. The van der Waals surface area contributed by atoms with Gasteiger partial charge in [-0.1, -0.05) is 363 Å². The summed E-state index contributed by atoms with van der Waals surface area (Å²) in [5, 5.41) is 10.6. The van der Waals surface area contributed by atoms with Crippen molar-refractivity contribution in [3.63, 3.8) is 0 Å². The smallest absolute Gasteiger partial charge is 0.462 e. The van der Waals surface area contributed by atoms with Crippen molar-refractivity contribution in [1.29, 1.82) is 0 Å². The van der Waals surface area contributed by atoms with Crippen LogP contribution in [0.3, 0.4) is 0 Å². The topological polar surface area (TPSA) is 237 Å². The van der Waals surface area contributed by atoms with Crippen molar-refractivity contribution < 1.29 is 80.2 Å². The fourth-order valence-corrected chi connectivity index (χ4v) is 13.9. The first-order valence-corrected chi connectivity index (χ1v) is 44.4. The van der Waals surface area contributed by atoms with E-state index >= 15 is 0 Å². The Morgan fingerprint density at radius 2 is 0.515 bits per heavy atom. The molecule has 0 spiro atoms. The second-order valence-corrected chi connectivity index (χ2v) is 32.9. The minimum atomic E-state index is -4.96. The molecule has 588 valence electrons. The van der Waals surface area contributed by atoms with E-state index in [2.05, 4.69) is 48.5 Å². The maximum atomic E-state index is 13.1. The van der Waals surface area contributed by atoms with Gasteiger partial charge in [-0.3, -0.25) is 37.3 Å². The molecule has 0 aliphatic carbocycles. The average molecular weight is 1450 g/mol. The quantitative estimate of drug-likeness (QED) is 0.0222. The van der Waals surface area contributed by atoms with E-state index in [9.17, 15) is 43.2 Å². The van der Waals surface area contributed by atoms with Crippen LogP contribution >= 0.6 is 15.6 Å². The standard InChI is InChI=1S/C80H156O17P2/c1-8-10-11-12-13-14-33-40-47-54-61-77(82)90-67-75(97-80(85)64-57-50-43-36-29-28-32-39-46-53-60-73(7)9-2)69-94-98(86,87)92-65-74(81)66-93-99(88,89)95-70-76(68-91-78(83)62-55-48-41-34-27-23-25-31-38-45-52-59-72(5)6)96-79(84)63-56-49-42-35-26-22-20-18-16-15-17-19-21-24-30-37-44-51-58-71(3)4/h71-76,81H,8-70H2,1-7H3,(H,86,87)(H,88,89)/t73?,74-,75+,76+/m0/s1. The summed E-state index contributed by atoms with van der Waals surface area (Å²) >= 11 is 0. The summed E-state index contributed by atoms with van der Waals surface area (Å²) in [6.07, 6.45) is 58.2. The van der Waals surface area contributed by atoms with E-state index in [1.165, 1.54) is 225 Å². The predicted molar refractivity (Wildman–Crippen MR) is 405 cm³/mol. The first-order valence-electron chi connectivity index (χ1n) is 41.4. The Morgan fingerprint density at radius 1 is 0.293 bits per heavy atom. The molecule has 0 rings (SSSR count). The molecule has 0 amide bonds. The second kappa shape index (κ2) is 70.4. The molecule has 6 atom stereocenters. The summed E-state index contributed by atoms with van der Waals surface area (Å²) in [6.45, 7) is 12.0. The van der Waals surface area contributed by atoms with Gasteiger partial charge in [0.15, 0.2) is 12.2 Å². The molecule has 0 aliphatic heterocycles. The Balaban J connectivity index is 5.22. The highest BCUT2D eigenvalue weighted by Gasteiger charge is 2.30. The van der Waals surface area contributed by atoms with Crippen molar-refractivity contribution in [2.75, 3.05) is 39.6 Å². The molecule has 0 radical (unpaired) electrons. The van der Waals surface area contributed by atoms with Crippen molar-refractivity contribution in [3.05, 3.63) is 0 Å². The van der Waals surface area contributed by atoms with Crippen LogP contribution in [0.4, 0.5) is 0 Å². The largest absolute Gasteiger partial charge is 0.472 e. The van der Waals surface area contributed by atoms with Gasteiger partial charge in [0.1, 0.15) is 19.3 Å². The van der Waals surface area contributed by atoms with Gasteiger partial charge in [-0.15, -0.1) is 0 Å². The number of rotatable bonds is 78. The molecule has 3 unspecified atom stereocenters. The number of ether oxygens (including phenoxy) is 4. The molecule has 3 N–H and O–H groups in total. The molecule has 0 aromatic carbocycles. The Bertz CT molecular complexity index is 1920. The number of hydrogen-bond acceptors (Lipinski definition) is 15. The summed E-state index contributed by atoms with van der Waals surface area (Å²) in [5.74, 6) is 0.282. The second-order valence-electron chi connectivity index (χ2n) is 30.0. The van der Waals surface area contributed by atoms with Crippen LogP contribution in [0, 0.1) is 17.8 Å². The van der Waals surface area contributed by atoms with Crippen LogP contribution in [-0.4, -0.2) is 96.7 Å². The van der Waals surface area contributed by atoms with Crippen molar-refractivity contribution in [1.82, 2.24) is 0 Å². The number of phosphoric ester groups is 2. The highest BCUT2D eigenvalue weighted by Crippen LogP contribution is 2.45. The van der Waals surface area contributed by atoms with Crippen LogP contribution in [0.25, 0.3) is 0 Å². The van der Waals surface area contributed by atoms with E-state index in [1.807, 2.05) is 0 Å². The monoisotopic (exact) mass is 1450 g/mol. The van der Waals surface area contributed by atoms with Crippen LogP contribution in [0.1, 0.15) is 414 Å². The molecule has 0 aromatic heterocycles. The van der Waals surface area contributed by atoms with E-state index in [1.54, 1.807) is 0 Å². The maximum absolute atomic E-state index is 13.1. The third-order valence-electron chi connectivity index (χ3n) is 19.0. The Hall–Kier alpha value is -1.94.